The Bertz CT molecular complexity index is 1390. The maximum absolute atomic E-state index is 13.0. The van der Waals surface area contributed by atoms with Gasteiger partial charge < -0.3 is 4.74 Å². The van der Waals surface area contributed by atoms with Crippen molar-refractivity contribution in [1.82, 2.24) is 4.90 Å². The summed E-state index contributed by atoms with van der Waals surface area (Å²) in [5, 5.41) is 1.89. The van der Waals surface area contributed by atoms with Crippen molar-refractivity contribution in [3.8, 4) is 5.75 Å². The van der Waals surface area contributed by atoms with Crippen molar-refractivity contribution < 1.29 is 14.3 Å². The average Bonchev–Trinajstić information content (AvgIpc) is 3.12. The molecule has 5 rings (SSSR count). The summed E-state index contributed by atoms with van der Waals surface area (Å²) in [6, 6.07) is 29.7. The topological polar surface area (TPSA) is 46.6 Å². The molecule has 1 fully saturated rings. The van der Waals surface area contributed by atoms with Gasteiger partial charge >= 0.3 is 0 Å². The first kappa shape index (κ1) is 22.7. The van der Waals surface area contributed by atoms with Gasteiger partial charge in [0.2, 0.25) is 0 Å². The molecular weight excluding hydrogens is 557 g/mol. The van der Waals surface area contributed by atoms with Gasteiger partial charge in [-0.2, -0.15) is 0 Å². The number of carbonyl (C=O) groups excluding carboxylic acids is 2. The van der Waals surface area contributed by atoms with Crippen LogP contribution in [0.15, 0.2) is 95.9 Å². The van der Waals surface area contributed by atoms with E-state index in [9.17, 15) is 9.59 Å². The fourth-order valence-corrected chi connectivity index (χ4v) is 4.99. The lowest BCUT2D eigenvalue weighted by atomic mass is 10.0. The number of nitrogens with zero attached hydrogens (tertiary/aromatic N) is 1. The summed E-state index contributed by atoms with van der Waals surface area (Å²) in [7, 11) is 0. The highest BCUT2D eigenvalue weighted by Crippen LogP contribution is 2.34. The third-order valence-corrected chi connectivity index (χ3v) is 7.21. The van der Waals surface area contributed by atoms with Crippen molar-refractivity contribution in [3.05, 3.63) is 116 Å². The number of ether oxygens (including phenoxy) is 1. The molecule has 1 heterocycles. The van der Waals surface area contributed by atoms with Crippen LogP contribution in [0.1, 0.15) is 16.7 Å². The zero-order valence-corrected chi connectivity index (χ0v) is 21.1. The molecule has 0 bridgehead atoms. The summed E-state index contributed by atoms with van der Waals surface area (Å²) in [5.74, 6) is 0.488. The first-order valence-corrected chi connectivity index (χ1v) is 12.7. The van der Waals surface area contributed by atoms with Gasteiger partial charge in [0.1, 0.15) is 12.4 Å². The van der Waals surface area contributed by atoms with Gasteiger partial charge in [0.05, 0.1) is 11.4 Å². The largest absolute Gasteiger partial charge is 0.489 e. The zero-order chi connectivity index (χ0) is 23.5. The summed E-state index contributed by atoms with van der Waals surface area (Å²) in [4.78, 5) is 27.4. The maximum atomic E-state index is 13.0. The van der Waals surface area contributed by atoms with Crippen LogP contribution in [-0.2, 0) is 17.9 Å². The van der Waals surface area contributed by atoms with Crippen LogP contribution in [-0.4, -0.2) is 16.0 Å². The molecule has 0 atom stereocenters. The molecule has 0 aromatic heterocycles. The number of amides is 2. The summed E-state index contributed by atoms with van der Waals surface area (Å²) in [6.45, 7) is 0.748. The second-order valence-electron chi connectivity index (χ2n) is 7.89. The Balaban J connectivity index is 1.27. The monoisotopic (exact) mass is 577 g/mol. The van der Waals surface area contributed by atoms with Gasteiger partial charge in [-0.05, 0) is 92.2 Å². The van der Waals surface area contributed by atoms with E-state index in [-0.39, 0.29) is 17.7 Å². The van der Waals surface area contributed by atoms with Gasteiger partial charge in [-0.1, -0.05) is 66.7 Å². The minimum Gasteiger partial charge on any atom is -0.489 e. The second-order valence-corrected chi connectivity index (χ2v) is 10.1. The SMILES string of the molecule is O=C1S/C(=C/c2ccc(OCc3ccc(I)cc3)cc2)C(=O)N1Cc1cccc2ccccc12. The molecule has 0 N–H and O–H groups in total. The fourth-order valence-electron chi connectivity index (χ4n) is 3.80. The van der Waals surface area contributed by atoms with Crippen LogP contribution < -0.4 is 4.74 Å². The lowest BCUT2D eigenvalue weighted by Gasteiger charge is -2.14. The van der Waals surface area contributed by atoms with Gasteiger partial charge in [0.15, 0.2) is 0 Å². The van der Waals surface area contributed by atoms with E-state index in [0.29, 0.717) is 11.5 Å². The van der Waals surface area contributed by atoms with E-state index in [1.807, 2.05) is 78.9 Å². The van der Waals surface area contributed by atoms with Crippen molar-refractivity contribution >= 4 is 62.3 Å². The Morgan fingerprint density at radius 2 is 1.59 bits per heavy atom. The minimum absolute atomic E-state index is 0.248. The van der Waals surface area contributed by atoms with Crippen LogP contribution in [0.2, 0.25) is 0 Å². The molecule has 1 aliphatic rings. The van der Waals surface area contributed by atoms with Crippen LogP contribution >= 0.6 is 34.4 Å². The third-order valence-electron chi connectivity index (χ3n) is 5.58. The lowest BCUT2D eigenvalue weighted by Crippen LogP contribution is -2.27. The smallest absolute Gasteiger partial charge is 0.293 e. The number of carbonyl (C=O) groups is 2. The normalized spacial score (nSPS) is 14.9. The van der Waals surface area contributed by atoms with E-state index in [0.717, 1.165) is 45.0 Å². The molecule has 4 aromatic carbocycles. The van der Waals surface area contributed by atoms with Crippen molar-refractivity contribution in [3.63, 3.8) is 0 Å². The van der Waals surface area contributed by atoms with Gasteiger partial charge in [-0.25, -0.2) is 0 Å². The van der Waals surface area contributed by atoms with Crippen LogP contribution in [0.4, 0.5) is 4.79 Å². The predicted molar refractivity (Wildman–Crippen MR) is 145 cm³/mol. The number of hydrogen-bond donors (Lipinski definition) is 0. The van der Waals surface area contributed by atoms with E-state index in [4.69, 9.17) is 4.74 Å². The maximum Gasteiger partial charge on any atom is 0.293 e. The molecule has 4 nitrogen and oxygen atoms in total. The highest BCUT2D eigenvalue weighted by Gasteiger charge is 2.35. The summed E-state index contributed by atoms with van der Waals surface area (Å²) < 4.78 is 7.04. The lowest BCUT2D eigenvalue weighted by molar-refractivity contribution is -0.123. The number of rotatable bonds is 6. The molecule has 6 heteroatoms. The van der Waals surface area contributed by atoms with Crippen molar-refractivity contribution in [2.45, 2.75) is 13.2 Å². The molecule has 1 saturated heterocycles. The number of imide groups is 1. The highest BCUT2D eigenvalue weighted by molar-refractivity contribution is 14.1. The fraction of sp³-hybridized carbons (Fsp3) is 0.0714. The Hall–Kier alpha value is -3.10. The number of hydrogen-bond acceptors (Lipinski definition) is 4. The van der Waals surface area contributed by atoms with Crippen molar-refractivity contribution in [2.75, 3.05) is 0 Å². The Morgan fingerprint density at radius 1 is 0.853 bits per heavy atom. The van der Waals surface area contributed by atoms with Gasteiger partial charge in [-0.3, -0.25) is 14.5 Å². The van der Waals surface area contributed by atoms with Crippen molar-refractivity contribution in [2.24, 2.45) is 0 Å². The molecule has 0 unspecified atom stereocenters. The van der Waals surface area contributed by atoms with Crippen LogP contribution in [0, 0.1) is 3.57 Å². The van der Waals surface area contributed by atoms with Crippen LogP contribution in [0.3, 0.4) is 0 Å². The van der Waals surface area contributed by atoms with Crippen LogP contribution in [0.5, 0.6) is 5.75 Å². The molecule has 0 aliphatic carbocycles. The number of benzene rings is 4. The van der Waals surface area contributed by atoms with Gasteiger partial charge in [-0.15, -0.1) is 0 Å². The van der Waals surface area contributed by atoms with Crippen LogP contribution in [0.25, 0.3) is 16.8 Å². The van der Waals surface area contributed by atoms with E-state index < -0.39 is 0 Å². The molecule has 0 radical (unpaired) electrons. The van der Waals surface area contributed by atoms with E-state index in [2.05, 4.69) is 34.7 Å². The molecule has 0 spiro atoms. The first-order valence-electron chi connectivity index (χ1n) is 10.8. The number of halogens is 1. The zero-order valence-electron chi connectivity index (χ0n) is 18.1. The molecule has 4 aromatic rings. The standard InChI is InChI=1S/C28H20INO3S/c29-23-12-8-20(9-13-23)18-33-24-14-10-19(11-15-24)16-26-27(31)30(28(32)34-26)17-22-6-3-5-21-4-1-2-7-25(21)22/h1-16H,17-18H2/b26-16+. The molecule has 2 amide bonds. The van der Waals surface area contributed by atoms with E-state index >= 15 is 0 Å². The van der Waals surface area contributed by atoms with Gasteiger partial charge in [0, 0.05) is 3.57 Å². The van der Waals surface area contributed by atoms with Crippen molar-refractivity contribution in [1.29, 1.82) is 0 Å². The summed E-state index contributed by atoms with van der Waals surface area (Å²) in [5.41, 5.74) is 2.90. The molecule has 1 aliphatic heterocycles. The minimum atomic E-state index is -0.262. The molecule has 168 valence electrons. The molecule has 0 saturated carbocycles. The Morgan fingerprint density at radius 3 is 2.38 bits per heavy atom. The molecular formula is C28H20INO3S. The van der Waals surface area contributed by atoms with E-state index in [1.54, 1.807) is 6.08 Å². The van der Waals surface area contributed by atoms with Gasteiger partial charge in [0.25, 0.3) is 11.1 Å². The highest BCUT2D eigenvalue weighted by atomic mass is 127. The first-order chi connectivity index (χ1) is 16.6. The van der Waals surface area contributed by atoms with E-state index in [1.165, 1.54) is 8.47 Å². The second kappa shape index (κ2) is 10.0. The summed E-state index contributed by atoms with van der Waals surface area (Å²) >= 11 is 3.26. The Kier molecular flexibility index (Phi) is 6.69. The summed E-state index contributed by atoms with van der Waals surface area (Å²) in [6.07, 6.45) is 1.76. The molecule has 34 heavy (non-hydrogen) atoms. The quantitative estimate of drug-likeness (QED) is 0.179. The predicted octanol–water partition coefficient (Wildman–Crippen LogP) is 7.26. The third kappa shape index (κ3) is 5.03. The Labute approximate surface area is 215 Å². The average molecular weight is 577 g/mol. The number of fused-ring (bicyclic) bond motifs is 1. The number of thioether (sulfide) groups is 1.